The standard InChI is InChI=1S/C27H24N4O2/c1-16(2)23-20-13-14-21(23)24-22(20)15-29(18-11-9-17(3)10-12-18)25(24)31-27(33)30(26(32)28-31)19-7-5-4-6-8-19/h4-15,20-21H,1-3H3,(H,28,32). The maximum Gasteiger partial charge on any atom is 0.357 e. The van der Waals surface area contributed by atoms with Gasteiger partial charge in [-0.3, -0.25) is 0 Å². The van der Waals surface area contributed by atoms with E-state index in [2.05, 4.69) is 49.4 Å². The van der Waals surface area contributed by atoms with Crippen LogP contribution in [0.25, 0.3) is 17.2 Å². The van der Waals surface area contributed by atoms with E-state index in [-0.39, 0.29) is 11.8 Å². The minimum absolute atomic E-state index is 0.104. The predicted octanol–water partition coefficient (Wildman–Crippen LogP) is 4.50. The van der Waals surface area contributed by atoms with E-state index in [0.29, 0.717) is 11.5 Å². The average molecular weight is 437 g/mol. The molecule has 2 bridgehead atoms. The Bertz CT molecular complexity index is 1570. The molecule has 0 spiro atoms. The van der Waals surface area contributed by atoms with Gasteiger partial charge < -0.3 is 4.57 Å². The minimum Gasteiger partial charge on any atom is -0.301 e. The number of aryl methyl sites for hydroxylation is 1. The van der Waals surface area contributed by atoms with Crippen molar-refractivity contribution < 1.29 is 0 Å². The lowest BCUT2D eigenvalue weighted by atomic mass is 9.97. The first-order chi connectivity index (χ1) is 16.0. The van der Waals surface area contributed by atoms with Gasteiger partial charge in [0.15, 0.2) is 0 Å². The van der Waals surface area contributed by atoms with Gasteiger partial charge in [0.25, 0.3) is 0 Å². The number of fused-ring (bicyclic) bond motifs is 5. The van der Waals surface area contributed by atoms with Crippen molar-refractivity contribution in [2.24, 2.45) is 0 Å². The molecular formula is C27H24N4O2. The SMILES string of the molecule is CC(C)=C1C2C=CC1c1c2cn(-c2ccc(C)cc2)c1-n1[nH]c(=O)n(-c2ccccc2)c1=O. The number of allylic oxidation sites excluding steroid dienone is 4. The summed E-state index contributed by atoms with van der Waals surface area (Å²) in [7, 11) is 0. The zero-order chi connectivity index (χ0) is 22.9. The van der Waals surface area contributed by atoms with E-state index in [0.717, 1.165) is 16.8 Å². The predicted molar refractivity (Wildman–Crippen MR) is 129 cm³/mol. The van der Waals surface area contributed by atoms with Crippen LogP contribution < -0.4 is 11.4 Å². The average Bonchev–Trinajstić information content (AvgIpc) is 3.53. The van der Waals surface area contributed by atoms with E-state index in [1.165, 1.54) is 26.0 Å². The molecular weight excluding hydrogens is 412 g/mol. The second-order valence-electron chi connectivity index (χ2n) is 9.03. The van der Waals surface area contributed by atoms with Crippen LogP contribution in [0, 0.1) is 6.92 Å². The number of hydrogen-bond donors (Lipinski definition) is 1. The van der Waals surface area contributed by atoms with E-state index in [4.69, 9.17) is 0 Å². The van der Waals surface area contributed by atoms with Gasteiger partial charge in [0, 0.05) is 29.3 Å². The molecule has 0 radical (unpaired) electrons. The van der Waals surface area contributed by atoms with Gasteiger partial charge in [0.05, 0.1) is 5.69 Å². The third-order valence-electron chi connectivity index (χ3n) is 6.77. The van der Waals surface area contributed by atoms with Crippen molar-refractivity contribution in [3.8, 4) is 17.2 Å². The fourth-order valence-corrected chi connectivity index (χ4v) is 5.32. The molecule has 1 N–H and O–H groups in total. The van der Waals surface area contributed by atoms with Crippen molar-refractivity contribution in [3.63, 3.8) is 0 Å². The van der Waals surface area contributed by atoms with E-state index in [9.17, 15) is 9.59 Å². The highest BCUT2D eigenvalue weighted by Crippen LogP contribution is 2.56. The van der Waals surface area contributed by atoms with Crippen LogP contribution >= 0.6 is 0 Å². The first-order valence-corrected chi connectivity index (χ1v) is 11.1. The van der Waals surface area contributed by atoms with Gasteiger partial charge in [-0.25, -0.2) is 19.3 Å². The molecule has 33 heavy (non-hydrogen) atoms. The molecule has 6 nitrogen and oxygen atoms in total. The fourth-order valence-electron chi connectivity index (χ4n) is 5.32. The van der Waals surface area contributed by atoms with Gasteiger partial charge in [-0.15, -0.1) is 0 Å². The van der Waals surface area contributed by atoms with Crippen LogP contribution in [0.5, 0.6) is 0 Å². The van der Waals surface area contributed by atoms with E-state index < -0.39 is 11.4 Å². The number of nitrogens with one attached hydrogen (secondary N) is 1. The number of para-hydroxylation sites is 1. The minimum atomic E-state index is -0.460. The third-order valence-corrected chi connectivity index (χ3v) is 6.77. The summed E-state index contributed by atoms with van der Waals surface area (Å²) in [4.78, 5) is 26.5. The second-order valence-corrected chi connectivity index (χ2v) is 9.03. The Hall–Kier alpha value is -4.06. The Labute approximate surface area is 190 Å². The lowest BCUT2D eigenvalue weighted by molar-refractivity contribution is 0.761. The summed E-state index contributed by atoms with van der Waals surface area (Å²) in [5.74, 6) is 1.01. The van der Waals surface area contributed by atoms with Crippen molar-refractivity contribution in [1.82, 2.24) is 18.9 Å². The number of aromatic amines is 1. The normalized spacial score (nSPS) is 18.2. The van der Waals surface area contributed by atoms with Crippen molar-refractivity contribution in [2.75, 3.05) is 0 Å². The first-order valence-electron chi connectivity index (χ1n) is 11.1. The zero-order valence-corrected chi connectivity index (χ0v) is 18.7. The van der Waals surface area contributed by atoms with Crippen LogP contribution in [0.15, 0.2) is 93.7 Å². The largest absolute Gasteiger partial charge is 0.357 e. The van der Waals surface area contributed by atoms with Crippen molar-refractivity contribution in [3.05, 3.63) is 122 Å². The van der Waals surface area contributed by atoms with Crippen molar-refractivity contribution in [1.29, 1.82) is 0 Å². The molecule has 6 heteroatoms. The van der Waals surface area contributed by atoms with Gasteiger partial charge in [0.1, 0.15) is 5.82 Å². The molecule has 2 atom stereocenters. The monoisotopic (exact) mass is 436 g/mol. The highest BCUT2D eigenvalue weighted by atomic mass is 16.2. The Kier molecular flexibility index (Phi) is 4.14. The van der Waals surface area contributed by atoms with Gasteiger partial charge in [0.2, 0.25) is 0 Å². The first kappa shape index (κ1) is 19.6. The maximum atomic E-state index is 13.6. The topological polar surface area (TPSA) is 64.7 Å². The Morgan fingerprint density at radius 3 is 2.27 bits per heavy atom. The molecule has 4 aromatic rings. The summed E-state index contributed by atoms with van der Waals surface area (Å²) in [6.07, 6.45) is 6.59. The molecule has 2 unspecified atom stereocenters. The number of H-pyrrole nitrogens is 1. The summed E-state index contributed by atoms with van der Waals surface area (Å²) in [6.45, 7) is 6.33. The van der Waals surface area contributed by atoms with Crippen LogP contribution in [0.1, 0.15) is 42.4 Å². The van der Waals surface area contributed by atoms with E-state index in [1.54, 1.807) is 12.1 Å². The number of hydrogen-bond acceptors (Lipinski definition) is 2. The highest BCUT2D eigenvalue weighted by molar-refractivity contribution is 5.67. The molecule has 0 fully saturated rings. The molecule has 164 valence electrons. The van der Waals surface area contributed by atoms with Crippen LogP contribution in [0.3, 0.4) is 0 Å². The molecule has 2 aliphatic rings. The molecule has 0 aliphatic heterocycles. The molecule has 0 amide bonds. The van der Waals surface area contributed by atoms with Gasteiger partial charge >= 0.3 is 11.4 Å². The van der Waals surface area contributed by atoms with Gasteiger partial charge in [-0.05, 0) is 56.2 Å². The number of rotatable bonds is 3. The summed E-state index contributed by atoms with van der Waals surface area (Å²) in [5, 5.41) is 2.82. The quantitative estimate of drug-likeness (QED) is 0.481. The summed E-state index contributed by atoms with van der Waals surface area (Å²) >= 11 is 0. The second kappa shape index (κ2) is 6.97. The van der Waals surface area contributed by atoms with Crippen LogP contribution in [-0.4, -0.2) is 18.9 Å². The molecule has 0 saturated carbocycles. The summed E-state index contributed by atoms with van der Waals surface area (Å²) < 4.78 is 4.63. The van der Waals surface area contributed by atoms with Crippen LogP contribution in [-0.2, 0) is 0 Å². The maximum absolute atomic E-state index is 13.6. The van der Waals surface area contributed by atoms with Crippen molar-refractivity contribution >= 4 is 0 Å². The highest BCUT2D eigenvalue weighted by Gasteiger charge is 2.43. The Balaban J connectivity index is 1.65. The van der Waals surface area contributed by atoms with Crippen LogP contribution in [0.4, 0.5) is 0 Å². The van der Waals surface area contributed by atoms with E-state index in [1.807, 2.05) is 41.8 Å². The van der Waals surface area contributed by atoms with Gasteiger partial charge in [-0.2, -0.15) is 4.68 Å². The number of benzene rings is 2. The fraction of sp³-hybridized carbons (Fsp3) is 0.185. The van der Waals surface area contributed by atoms with Crippen molar-refractivity contribution in [2.45, 2.75) is 32.6 Å². The molecule has 2 aliphatic carbocycles. The molecule has 2 aromatic heterocycles. The molecule has 2 aromatic carbocycles. The van der Waals surface area contributed by atoms with Gasteiger partial charge in [-0.1, -0.05) is 53.6 Å². The smallest absolute Gasteiger partial charge is 0.301 e. The zero-order valence-electron chi connectivity index (χ0n) is 18.7. The lowest BCUT2D eigenvalue weighted by Crippen LogP contribution is -2.27. The number of aromatic nitrogens is 4. The molecule has 6 rings (SSSR count). The third kappa shape index (κ3) is 2.73. The Morgan fingerprint density at radius 1 is 0.879 bits per heavy atom. The Morgan fingerprint density at radius 2 is 1.58 bits per heavy atom. The lowest BCUT2D eigenvalue weighted by Gasteiger charge is -2.15. The molecule has 2 heterocycles. The van der Waals surface area contributed by atoms with Crippen LogP contribution in [0.2, 0.25) is 0 Å². The van der Waals surface area contributed by atoms with E-state index >= 15 is 0 Å². The summed E-state index contributed by atoms with van der Waals surface area (Å²) in [6, 6.07) is 17.2. The molecule has 0 saturated heterocycles. The number of nitrogens with zero attached hydrogens (tertiary/aromatic N) is 3. The summed E-state index contributed by atoms with van der Waals surface area (Å²) in [5.41, 5.74) is 6.72.